The first kappa shape index (κ1) is 17.9. The maximum Gasteiger partial charge on any atom is 0.167 e. The molecule has 5 heteroatoms. The largest absolute Gasteiger partial charge is 0.356 e. The van der Waals surface area contributed by atoms with Gasteiger partial charge in [0, 0.05) is 23.3 Å². The Balaban J connectivity index is 1.25. The van der Waals surface area contributed by atoms with Gasteiger partial charge in [0.1, 0.15) is 5.82 Å². The summed E-state index contributed by atoms with van der Waals surface area (Å²) in [5.41, 5.74) is 2.53. The fourth-order valence-electron chi connectivity index (χ4n) is 3.87. The lowest BCUT2D eigenvalue weighted by atomic mass is 9.91. The van der Waals surface area contributed by atoms with E-state index in [0.717, 1.165) is 55.6 Å². The molecule has 3 aromatic rings. The predicted molar refractivity (Wildman–Crippen MR) is 102 cm³/mol. The minimum absolute atomic E-state index is 0.0824. The van der Waals surface area contributed by atoms with Crippen LogP contribution in [0.4, 0.5) is 4.39 Å². The number of fused-ring (bicyclic) bond motifs is 1. The van der Waals surface area contributed by atoms with Gasteiger partial charge in [-0.1, -0.05) is 17.3 Å². The molecule has 0 unspecified atom stereocenters. The summed E-state index contributed by atoms with van der Waals surface area (Å²) in [4.78, 5) is 14.6. The highest BCUT2D eigenvalue weighted by atomic mass is 19.1. The Labute approximate surface area is 158 Å². The van der Waals surface area contributed by atoms with Crippen LogP contribution < -0.4 is 0 Å². The van der Waals surface area contributed by atoms with Crippen molar-refractivity contribution < 1.29 is 13.7 Å². The van der Waals surface area contributed by atoms with Crippen molar-refractivity contribution >= 4 is 16.8 Å². The summed E-state index contributed by atoms with van der Waals surface area (Å²) in [5, 5.41) is 5.43. The molecule has 0 bridgehead atoms. The first-order valence-corrected chi connectivity index (χ1v) is 9.56. The molecule has 0 atom stereocenters. The Morgan fingerprint density at radius 2 is 1.85 bits per heavy atom. The topological polar surface area (TPSA) is 46.3 Å². The molecule has 0 radical (unpaired) electrons. The third-order valence-electron chi connectivity index (χ3n) is 5.42. The number of hydrogen-bond donors (Lipinski definition) is 0. The van der Waals surface area contributed by atoms with Gasteiger partial charge in [0.15, 0.2) is 11.4 Å². The van der Waals surface area contributed by atoms with Gasteiger partial charge in [0.25, 0.3) is 0 Å². The summed E-state index contributed by atoms with van der Waals surface area (Å²) in [6.45, 7) is 2.94. The molecule has 0 aliphatic carbocycles. The van der Waals surface area contributed by atoms with E-state index >= 15 is 0 Å². The lowest BCUT2D eigenvalue weighted by Crippen LogP contribution is -2.34. The smallest absolute Gasteiger partial charge is 0.167 e. The van der Waals surface area contributed by atoms with E-state index in [9.17, 15) is 9.18 Å². The Kier molecular flexibility index (Phi) is 5.30. The average molecular weight is 366 g/mol. The molecular formula is C22H23FN2O2. The molecule has 1 aliphatic rings. The van der Waals surface area contributed by atoms with Crippen LogP contribution in [0.3, 0.4) is 0 Å². The van der Waals surface area contributed by atoms with Gasteiger partial charge < -0.3 is 9.42 Å². The van der Waals surface area contributed by atoms with Crippen LogP contribution in [0.15, 0.2) is 53.1 Å². The fraction of sp³-hybridized carbons (Fsp3) is 0.364. The van der Waals surface area contributed by atoms with Gasteiger partial charge >= 0.3 is 0 Å². The number of halogens is 1. The first-order valence-electron chi connectivity index (χ1n) is 9.56. The Bertz CT molecular complexity index is 911. The van der Waals surface area contributed by atoms with E-state index in [4.69, 9.17) is 4.52 Å². The van der Waals surface area contributed by atoms with E-state index in [0.29, 0.717) is 17.9 Å². The number of carbonyl (C=O) groups is 1. The van der Waals surface area contributed by atoms with Crippen molar-refractivity contribution in [1.82, 2.24) is 10.1 Å². The van der Waals surface area contributed by atoms with E-state index in [-0.39, 0.29) is 11.6 Å². The van der Waals surface area contributed by atoms with Crippen molar-refractivity contribution in [2.75, 3.05) is 19.6 Å². The van der Waals surface area contributed by atoms with Crippen LogP contribution in [0.2, 0.25) is 0 Å². The van der Waals surface area contributed by atoms with Gasteiger partial charge in [-0.15, -0.1) is 0 Å². The summed E-state index contributed by atoms with van der Waals surface area (Å²) in [6.07, 6.45) is 3.44. The normalized spacial score (nSPS) is 16.0. The van der Waals surface area contributed by atoms with Crippen molar-refractivity contribution in [3.63, 3.8) is 0 Å². The van der Waals surface area contributed by atoms with E-state index < -0.39 is 0 Å². The number of aromatic nitrogens is 1. The molecule has 1 aromatic heterocycles. The minimum Gasteiger partial charge on any atom is -0.356 e. The zero-order valence-corrected chi connectivity index (χ0v) is 15.2. The monoisotopic (exact) mass is 366 g/mol. The zero-order valence-electron chi connectivity index (χ0n) is 15.2. The molecule has 1 aliphatic heterocycles. The quantitative estimate of drug-likeness (QED) is 0.588. The number of Topliss-reactive ketones (excluding diaryl/α,β-unsaturated/α-hetero) is 1. The van der Waals surface area contributed by atoms with Crippen LogP contribution in [0.25, 0.3) is 11.0 Å². The van der Waals surface area contributed by atoms with Gasteiger partial charge in [0.05, 0.1) is 5.69 Å². The number of likely N-dealkylation sites (tertiary alicyclic amines) is 1. The standard InChI is InChI=1S/C22H23FN2O2/c23-18-9-7-16(8-10-18)20(26)5-3-13-25-14-11-17(12-15-25)22-19-4-1-2-6-21(19)27-24-22/h1-2,4,6-10,17H,3,5,11-15H2. The van der Waals surface area contributed by atoms with Crippen molar-refractivity contribution in [3.05, 3.63) is 65.6 Å². The highest BCUT2D eigenvalue weighted by Crippen LogP contribution is 2.32. The van der Waals surface area contributed by atoms with Gasteiger partial charge in [-0.05, 0) is 75.3 Å². The number of benzene rings is 2. The minimum atomic E-state index is -0.311. The second-order valence-corrected chi connectivity index (χ2v) is 7.21. The third kappa shape index (κ3) is 4.08. The van der Waals surface area contributed by atoms with Crippen molar-refractivity contribution in [1.29, 1.82) is 0 Å². The highest BCUT2D eigenvalue weighted by Gasteiger charge is 2.24. The Morgan fingerprint density at radius 3 is 2.63 bits per heavy atom. The van der Waals surface area contributed by atoms with Crippen LogP contribution in [0, 0.1) is 5.82 Å². The summed E-state index contributed by atoms with van der Waals surface area (Å²) >= 11 is 0. The van der Waals surface area contributed by atoms with Gasteiger partial charge in [-0.3, -0.25) is 4.79 Å². The molecule has 4 nitrogen and oxygen atoms in total. The second-order valence-electron chi connectivity index (χ2n) is 7.21. The van der Waals surface area contributed by atoms with E-state index in [1.54, 1.807) is 12.1 Å². The zero-order chi connectivity index (χ0) is 18.6. The van der Waals surface area contributed by atoms with Crippen LogP contribution in [0.5, 0.6) is 0 Å². The lowest BCUT2D eigenvalue weighted by molar-refractivity contribution is 0.0972. The molecule has 2 aromatic carbocycles. The summed E-state index contributed by atoms with van der Waals surface area (Å²) in [5.74, 6) is 0.207. The molecule has 140 valence electrons. The molecule has 1 saturated heterocycles. The van der Waals surface area contributed by atoms with E-state index in [1.165, 1.54) is 12.1 Å². The molecule has 1 fully saturated rings. The number of hydrogen-bond acceptors (Lipinski definition) is 4. The molecular weight excluding hydrogens is 343 g/mol. The Hall–Kier alpha value is -2.53. The van der Waals surface area contributed by atoms with Gasteiger partial charge in [-0.2, -0.15) is 0 Å². The van der Waals surface area contributed by atoms with Gasteiger partial charge in [0.2, 0.25) is 0 Å². The first-order chi connectivity index (χ1) is 13.2. The highest BCUT2D eigenvalue weighted by molar-refractivity contribution is 5.95. The van der Waals surface area contributed by atoms with Crippen LogP contribution >= 0.6 is 0 Å². The molecule has 0 saturated carbocycles. The third-order valence-corrected chi connectivity index (χ3v) is 5.42. The fourth-order valence-corrected chi connectivity index (χ4v) is 3.87. The SMILES string of the molecule is O=C(CCCN1CCC(c2noc3ccccc23)CC1)c1ccc(F)cc1. The van der Waals surface area contributed by atoms with E-state index in [1.807, 2.05) is 18.2 Å². The number of carbonyl (C=O) groups excluding carboxylic acids is 1. The number of piperidine rings is 1. The summed E-state index contributed by atoms with van der Waals surface area (Å²) in [7, 11) is 0. The predicted octanol–water partition coefficient (Wildman–Crippen LogP) is 4.81. The van der Waals surface area contributed by atoms with Crippen LogP contribution in [0.1, 0.15) is 47.7 Å². The maximum atomic E-state index is 12.9. The van der Waals surface area contributed by atoms with Crippen LogP contribution in [-0.2, 0) is 0 Å². The number of ketones is 1. The van der Waals surface area contributed by atoms with Crippen molar-refractivity contribution in [3.8, 4) is 0 Å². The Morgan fingerprint density at radius 1 is 1.11 bits per heavy atom. The molecule has 0 spiro atoms. The van der Waals surface area contributed by atoms with Crippen LogP contribution in [-0.4, -0.2) is 35.5 Å². The van der Waals surface area contributed by atoms with E-state index in [2.05, 4.69) is 16.1 Å². The van der Waals surface area contributed by atoms with Gasteiger partial charge in [-0.25, -0.2) is 4.39 Å². The lowest BCUT2D eigenvalue weighted by Gasteiger charge is -2.31. The molecule has 2 heterocycles. The van der Waals surface area contributed by atoms with Crippen molar-refractivity contribution in [2.24, 2.45) is 0 Å². The van der Waals surface area contributed by atoms with Crippen molar-refractivity contribution in [2.45, 2.75) is 31.6 Å². The summed E-state index contributed by atoms with van der Waals surface area (Å²) in [6, 6.07) is 13.8. The number of nitrogens with zero attached hydrogens (tertiary/aromatic N) is 2. The number of rotatable bonds is 6. The molecule has 27 heavy (non-hydrogen) atoms. The summed E-state index contributed by atoms with van der Waals surface area (Å²) < 4.78 is 18.4. The second kappa shape index (κ2) is 8.01. The average Bonchev–Trinajstić information content (AvgIpc) is 3.13. The molecule has 0 amide bonds. The molecule has 0 N–H and O–H groups in total. The number of para-hydroxylation sites is 1. The molecule has 4 rings (SSSR count). The maximum absolute atomic E-state index is 12.9.